The van der Waals surface area contributed by atoms with Gasteiger partial charge < -0.3 is 10.5 Å². The Hall–Kier alpha value is -3.75. The molecule has 174 valence electrons. The second kappa shape index (κ2) is 7.65. The fourth-order valence-corrected chi connectivity index (χ4v) is 5.41. The molecule has 34 heavy (non-hydrogen) atoms. The van der Waals surface area contributed by atoms with E-state index in [4.69, 9.17) is 20.7 Å². The van der Waals surface area contributed by atoms with Crippen molar-refractivity contribution < 1.29 is 9.13 Å². The molecule has 0 saturated carbocycles. The zero-order valence-corrected chi connectivity index (χ0v) is 19.4. The lowest BCUT2D eigenvalue weighted by molar-refractivity contribution is 0.227. The number of fused-ring (bicyclic) bond motifs is 7. The van der Waals surface area contributed by atoms with E-state index in [0.717, 1.165) is 53.0 Å². The summed E-state index contributed by atoms with van der Waals surface area (Å²) < 4.78 is 24.5. The molecule has 1 aromatic carbocycles. The van der Waals surface area contributed by atoms with E-state index in [1.54, 1.807) is 6.07 Å². The molecule has 3 aromatic heterocycles. The average Bonchev–Trinajstić information content (AvgIpc) is 3.40. The van der Waals surface area contributed by atoms with Gasteiger partial charge in [0.15, 0.2) is 11.6 Å². The summed E-state index contributed by atoms with van der Waals surface area (Å²) in [5.41, 5.74) is 13.5. The molecule has 2 N–H and O–H groups in total. The Bertz CT molecular complexity index is 1420. The Balaban J connectivity index is 1.72. The number of aryl methyl sites for hydroxylation is 3. The summed E-state index contributed by atoms with van der Waals surface area (Å²) in [4.78, 5) is 0. The molecule has 2 atom stereocenters. The maximum Gasteiger partial charge on any atom is 0.188 e. The molecule has 0 fully saturated rings. The third kappa shape index (κ3) is 3.10. The van der Waals surface area contributed by atoms with Crippen molar-refractivity contribution in [2.75, 3.05) is 5.73 Å². The van der Waals surface area contributed by atoms with Crippen molar-refractivity contribution in [1.82, 2.24) is 29.8 Å². The summed E-state index contributed by atoms with van der Waals surface area (Å²) >= 11 is 0. The number of nitrogen functional groups attached to an aromatic ring is 1. The minimum Gasteiger partial charge on any atom is -0.482 e. The number of ether oxygens (including phenoxy) is 1. The molecule has 0 amide bonds. The lowest BCUT2D eigenvalue weighted by Crippen LogP contribution is -2.14. The standard InChI is InChI=1S/C25H26FN7O/c1-4-33-24-20-11-21(25(27)29-28-20)34-13(2)17-10-14(26)8-9-16(17)23-18(12-32(3)31-23)15-6-5-7-19(30-33)22(15)24/h8-13,15H,4-7H2,1-3H3,(H2,27,29)/t13-,15-/m1/s1. The molecule has 0 saturated heterocycles. The summed E-state index contributed by atoms with van der Waals surface area (Å²) in [7, 11) is 1.92. The minimum absolute atomic E-state index is 0.0825. The summed E-state index contributed by atoms with van der Waals surface area (Å²) in [6.07, 6.45) is 4.49. The highest BCUT2D eigenvalue weighted by Gasteiger charge is 2.34. The third-order valence-electron chi connectivity index (χ3n) is 6.89. The summed E-state index contributed by atoms with van der Waals surface area (Å²) in [5, 5.41) is 18.4. The molecule has 2 aliphatic rings. The Labute approximate surface area is 196 Å². The zero-order valence-electron chi connectivity index (χ0n) is 19.4. The van der Waals surface area contributed by atoms with E-state index in [1.165, 1.54) is 12.1 Å². The minimum atomic E-state index is -0.489. The Kier molecular flexibility index (Phi) is 4.68. The number of nitrogens with two attached hydrogens (primary N) is 1. The van der Waals surface area contributed by atoms with Crippen LogP contribution in [0, 0.1) is 5.82 Å². The molecule has 0 radical (unpaired) electrons. The molecule has 4 heterocycles. The van der Waals surface area contributed by atoms with Crippen molar-refractivity contribution in [3.05, 3.63) is 58.7 Å². The van der Waals surface area contributed by atoms with E-state index >= 15 is 0 Å². The van der Waals surface area contributed by atoms with E-state index in [0.29, 0.717) is 23.6 Å². The molecule has 6 rings (SSSR count). The van der Waals surface area contributed by atoms with Gasteiger partial charge in [0.2, 0.25) is 0 Å². The molecule has 1 aliphatic heterocycles. The van der Waals surface area contributed by atoms with Crippen LogP contribution in [0.15, 0.2) is 30.5 Å². The first kappa shape index (κ1) is 20.8. The predicted molar refractivity (Wildman–Crippen MR) is 126 cm³/mol. The first-order chi connectivity index (χ1) is 16.4. The maximum atomic E-state index is 14.4. The number of aromatic nitrogens is 6. The van der Waals surface area contributed by atoms with Gasteiger partial charge in [0, 0.05) is 54.0 Å². The van der Waals surface area contributed by atoms with Crippen LogP contribution in [-0.4, -0.2) is 29.8 Å². The monoisotopic (exact) mass is 459 g/mol. The second-order valence-electron chi connectivity index (χ2n) is 9.05. The molecule has 9 heteroatoms. The predicted octanol–water partition coefficient (Wildman–Crippen LogP) is 4.40. The summed E-state index contributed by atoms with van der Waals surface area (Å²) in [5.74, 6) is 0.363. The fraction of sp³-hybridized carbons (Fsp3) is 0.360. The molecule has 2 bridgehead atoms. The van der Waals surface area contributed by atoms with Crippen molar-refractivity contribution in [3.63, 3.8) is 0 Å². The van der Waals surface area contributed by atoms with Crippen LogP contribution in [0.25, 0.3) is 22.6 Å². The fourth-order valence-electron chi connectivity index (χ4n) is 5.41. The third-order valence-corrected chi connectivity index (χ3v) is 6.89. The molecule has 0 unspecified atom stereocenters. The van der Waals surface area contributed by atoms with Gasteiger partial charge >= 0.3 is 0 Å². The van der Waals surface area contributed by atoms with Crippen molar-refractivity contribution in [3.8, 4) is 28.4 Å². The Morgan fingerprint density at radius 2 is 2.03 bits per heavy atom. The largest absolute Gasteiger partial charge is 0.482 e. The van der Waals surface area contributed by atoms with Gasteiger partial charge in [0.05, 0.1) is 17.1 Å². The van der Waals surface area contributed by atoms with E-state index in [-0.39, 0.29) is 17.6 Å². The number of halogens is 1. The van der Waals surface area contributed by atoms with Crippen LogP contribution in [0.2, 0.25) is 0 Å². The molecule has 1 aliphatic carbocycles. The first-order valence-corrected chi connectivity index (χ1v) is 11.7. The average molecular weight is 460 g/mol. The van der Waals surface area contributed by atoms with Crippen LogP contribution >= 0.6 is 0 Å². The maximum absolute atomic E-state index is 14.4. The molecule has 0 spiro atoms. The van der Waals surface area contributed by atoms with E-state index < -0.39 is 6.10 Å². The number of nitrogens with zero attached hydrogens (tertiary/aromatic N) is 6. The van der Waals surface area contributed by atoms with Crippen molar-refractivity contribution in [2.24, 2.45) is 7.05 Å². The summed E-state index contributed by atoms with van der Waals surface area (Å²) in [6.45, 7) is 4.66. The first-order valence-electron chi connectivity index (χ1n) is 11.7. The van der Waals surface area contributed by atoms with Gasteiger partial charge in [0.1, 0.15) is 17.6 Å². The van der Waals surface area contributed by atoms with Crippen LogP contribution in [0.3, 0.4) is 0 Å². The highest BCUT2D eigenvalue weighted by molar-refractivity contribution is 5.72. The highest BCUT2D eigenvalue weighted by atomic mass is 19.1. The topological polar surface area (TPSA) is 96.7 Å². The van der Waals surface area contributed by atoms with Crippen molar-refractivity contribution in [2.45, 2.75) is 51.7 Å². The molecular weight excluding hydrogens is 433 g/mol. The van der Waals surface area contributed by atoms with Gasteiger partial charge in [0.25, 0.3) is 0 Å². The van der Waals surface area contributed by atoms with Crippen LogP contribution in [-0.2, 0) is 20.0 Å². The molecular formula is C25H26FN7O. The number of benzene rings is 1. The molecule has 4 aromatic rings. The second-order valence-corrected chi connectivity index (χ2v) is 9.05. The number of rotatable bonds is 1. The normalized spacial score (nSPS) is 18.7. The van der Waals surface area contributed by atoms with E-state index in [9.17, 15) is 4.39 Å². The van der Waals surface area contributed by atoms with Crippen LogP contribution in [0.5, 0.6) is 5.75 Å². The van der Waals surface area contributed by atoms with Crippen LogP contribution in [0.1, 0.15) is 61.1 Å². The highest BCUT2D eigenvalue weighted by Crippen LogP contribution is 2.46. The SMILES string of the molecule is CCn1nc2c3c1-c1cc(c(N)nn1)O[C@H](C)c1cc(F)ccc1-c1nn(C)cc1[C@H]3CCC2. The van der Waals surface area contributed by atoms with Crippen LogP contribution in [0.4, 0.5) is 10.2 Å². The van der Waals surface area contributed by atoms with Gasteiger partial charge in [-0.15, -0.1) is 10.2 Å². The zero-order chi connectivity index (χ0) is 23.6. The van der Waals surface area contributed by atoms with Crippen LogP contribution < -0.4 is 10.5 Å². The Morgan fingerprint density at radius 3 is 2.85 bits per heavy atom. The van der Waals surface area contributed by atoms with Gasteiger partial charge in [-0.3, -0.25) is 9.36 Å². The smallest absolute Gasteiger partial charge is 0.188 e. The lowest BCUT2D eigenvalue weighted by Gasteiger charge is -2.25. The van der Waals surface area contributed by atoms with E-state index in [1.807, 2.05) is 29.4 Å². The van der Waals surface area contributed by atoms with Crippen molar-refractivity contribution >= 4 is 5.82 Å². The number of hydrogen-bond donors (Lipinski definition) is 1. The number of hydrogen-bond acceptors (Lipinski definition) is 6. The number of anilines is 1. The van der Waals surface area contributed by atoms with Gasteiger partial charge in [-0.1, -0.05) is 0 Å². The quantitative estimate of drug-likeness (QED) is 0.453. The van der Waals surface area contributed by atoms with E-state index in [2.05, 4.69) is 23.3 Å². The van der Waals surface area contributed by atoms with Crippen molar-refractivity contribution in [1.29, 1.82) is 0 Å². The molecule has 8 nitrogen and oxygen atoms in total. The van der Waals surface area contributed by atoms with Gasteiger partial charge in [-0.05, 0) is 51.3 Å². The van der Waals surface area contributed by atoms with Gasteiger partial charge in [-0.25, -0.2) is 4.39 Å². The lowest BCUT2D eigenvalue weighted by atomic mass is 9.79. The van der Waals surface area contributed by atoms with Gasteiger partial charge in [-0.2, -0.15) is 10.2 Å². The Morgan fingerprint density at radius 1 is 1.18 bits per heavy atom. The summed E-state index contributed by atoms with van der Waals surface area (Å²) in [6, 6.07) is 6.62.